The minimum absolute atomic E-state index is 0. The Labute approximate surface area is 123 Å². The highest BCUT2D eigenvalue weighted by atomic mass is 31.2. The fraction of sp³-hybridized carbons (Fsp3) is 0.250. The lowest BCUT2D eigenvalue weighted by molar-refractivity contribution is 0.0858. The molecule has 2 aromatic rings. The molecule has 4 heteroatoms. The maximum atomic E-state index is 6.28. The van der Waals surface area contributed by atoms with Crippen LogP contribution in [0.5, 0.6) is 0 Å². The van der Waals surface area contributed by atoms with E-state index in [1.165, 1.54) is 0 Å². The molecule has 1 aliphatic rings. The van der Waals surface area contributed by atoms with Crippen LogP contribution >= 0.6 is 8.38 Å². The highest BCUT2D eigenvalue weighted by Gasteiger charge is 2.49. The molecule has 0 saturated carbocycles. The third kappa shape index (κ3) is 2.42. The molecular formula is C16H17BO2P. The van der Waals surface area contributed by atoms with Gasteiger partial charge in [0, 0.05) is 15.1 Å². The molecule has 0 bridgehead atoms. The molecule has 2 aromatic carbocycles. The minimum atomic E-state index is -0.839. The molecule has 2 atom stereocenters. The van der Waals surface area contributed by atoms with Gasteiger partial charge < -0.3 is 9.05 Å². The second-order valence-electron chi connectivity index (χ2n) is 4.75. The molecule has 3 rings (SSSR count). The van der Waals surface area contributed by atoms with Crippen molar-refractivity contribution in [1.82, 2.24) is 0 Å². The summed E-state index contributed by atoms with van der Waals surface area (Å²) in [6.07, 6.45) is 0.00779. The van der Waals surface area contributed by atoms with E-state index in [2.05, 4.69) is 31.2 Å². The van der Waals surface area contributed by atoms with Crippen LogP contribution in [0.2, 0.25) is 0 Å². The van der Waals surface area contributed by atoms with Crippen LogP contribution in [0.3, 0.4) is 0 Å². The summed E-state index contributed by atoms with van der Waals surface area (Å²) in [5.74, 6) is 0. The highest BCUT2D eigenvalue weighted by Crippen LogP contribution is 2.57. The van der Waals surface area contributed by atoms with E-state index < -0.39 is 14.0 Å². The number of benzene rings is 2. The van der Waals surface area contributed by atoms with E-state index >= 15 is 0 Å². The fourth-order valence-corrected chi connectivity index (χ4v) is 4.11. The number of hydrogen-bond donors (Lipinski definition) is 0. The van der Waals surface area contributed by atoms with Gasteiger partial charge in [0.15, 0.2) is 14.0 Å². The van der Waals surface area contributed by atoms with E-state index in [4.69, 9.17) is 9.05 Å². The maximum Gasteiger partial charge on any atom is 0.168 e. The van der Waals surface area contributed by atoms with Gasteiger partial charge >= 0.3 is 0 Å². The van der Waals surface area contributed by atoms with E-state index in [1.54, 1.807) is 0 Å². The normalized spacial score (nSPS) is 24.1. The van der Waals surface area contributed by atoms with Gasteiger partial charge in [-0.3, -0.25) is 0 Å². The first-order valence-electron chi connectivity index (χ1n) is 6.44. The summed E-state index contributed by atoms with van der Waals surface area (Å²) in [5.41, 5.74) is 1.82. The Balaban J connectivity index is 0.00000147. The first-order valence-corrected chi connectivity index (χ1v) is 8.06. The van der Waals surface area contributed by atoms with Crippen molar-refractivity contribution in [2.24, 2.45) is 0 Å². The lowest BCUT2D eigenvalue weighted by Gasteiger charge is -2.31. The quantitative estimate of drug-likeness (QED) is 0.614. The molecule has 0 aliphatic carbocycles. The third-order valence-electron chi connectivity index (χ3n) is 3.56. The van der Waals surface area contributed by atoms with Gasteiger partial charge in [0.2, 0.25) is 0 Å². The van der Waals surface area contributed by atoms with Crippen molar-refractivity contribution in [1.29, 1.82) is 0 Å². The second kappa shape index (κ2) is 6.09. The van der Waals surface area contributed by atoms with Gasteiger partial charge in [-0.15, -0.1) is 0 Å². The van der Waals surface area contributed by atoms with Gasteiger partial charge in [-0.05, 0) is 18.1 Å². The molecule has 1 aliphatic heterocycles. The Morgan fingerprint density at radius 2 is 1.35 bits per heavy atom. The average Bonchev–Trinajstić information content (AvgIpc) is 2.76. The topological polar surface area (TPSA) is 18.5 Å². The van der Waals surface area contributed by atoms with E-state index in [1.807, 2.05) is 43.1 Å². The largest absolute Gasteiger partial charge is 0.327 e. The Hall–Kier alpha value is -1.15. The van der Waals surface area contributed by atoms with Gasteiger partial charge in [-0.2, -0.15) is 0 Å². The predicted molar refractivity (Wildman–Crippen MR) is 83.9 cm³/mol. The molecule has 2 nitrogen and oxygen atoms in total. The monoisotopic (exact) mass is 283 g/mol. The summed E-state index contributed by atoms with van der Waals surface area (Å²) in [5, 5.41) is 0. The summed E-state index contributed by atoms with van der Waals surface area (Å²) in [4.78, 5) is 0. The Morgan fingerprint density at radius 1 is 0.900 bits per heavy atom. The van der Waals surface area contributed by atoms with Crippen molar-refractivity contribution in [3.05, 3.63) is 71.8 Å². The number of hydrogen-bond acceptors (Lipinski definition) is 2. The molecule has 1 saturated heterocycles. The van der Waals surface area contributed by atoms with Crippen molar-refractivity contribution in [3.63, 3.8) is 0 Å². The fourth-order valence-electron chi connectivity index (χ4n) is 2.71. The molecule has 101 valence electrons. The van der Waals surface area contributed by atoms with E-state index in [-0.39, 0.29) is 14.5 Å². The van der Waals surface area contributed by atoms with Crippen molar-refractivity contribution >= 4 is 16.8 Å². The smallest absolute Gasteiger partial charge is 0.168 e. The van der Waals surface area contributed by atoms with Crippen molar-refractivity contribution in [3.8, 4) is 0 Å². The zero-order chi connectivity index (χ0) is 13.3. The summed E-state index contributed by atoms with van der Waals surface area (Å²) in [7, 11) is -0.839. The van der Waals surface area contributed by atoms with Crippen molar-refractivity contribution < 1.29 is 9.05 Å². The SMILES string of the molecule is CC1OP(C)OC1(c1ccccc1)c1ccccc1.[B]. The lowest BCUT2D eigenvalue weighted by atomic mass is 9.82. The van der Waals surface area contributed by atoms with Crippen LogP contribution in [0.15, 0.2) is 60.7 Å². The summed E-state index contributed by atoms with van der Waals surface area (Å²) in [6, 6.07) is 20.7. The van der Waals surface area contributed by atoms with E-state index in [9.17, 15) is 0 Å². The van der Waals surface area contributed by atoms with Crippen LogP contribution in [-0.4, -0.2) is 21.2 Å². The predicted octanol–water partition coefficient (Wildman–Crippen LogP) is 3.93. The van der Waals surface area contributed by atoms with Crippen LogP contribution in [0.25, 0.3) is 0 Å². The molecule has 0 spiro atoms. The van der Waals surface area contributed by atoms with E-state index in [0.717, 1.165) is 11.1 Å². The molecule has 20 heavy (non-hydrogen) atoms. The maximum absolute atomic E-state index is 6.28. The van der Waals surface area contributed by atoms with Gasteiger partial charge in [-0.25, -0.2) is 0 Å². The molecule has 1 heterocycles. The summed E-state index contributed by atoms with van der Waals surface area (Å²) in [6.45, 7) is 4.10. The first kappa shape index (κ1) is 15.2. The zero-order valence-corrected chi connectivity index (χ0v) is 12.6. The highest BCUT2D eigenvalue weighted by molar-refractivity contribution is 7.46. The minimum Gasteiger partial charge on any atom is -0.327 e. The second-order valence-corrected chi connectivity index (χ2v) is 6.02. The molecule has 0 amide bonds. The zero-order valence-electron chi connectivity index (χ0n) is 11.7. The van der Waals surface area contributed by atoms with Crippen LogP contribution in [0.1, 0.15) is 18.1 Å². The summed E-state index contributed by atoms with van der Waals surface area (Å²) < 4.78 is 12.2. The Bertz CT molecular complexity index is 507. The van der Waals surface area contributed by atoms with Gasteiger partial charge in [0.1, 0.15) is 0 Å². The molecule has 3 radical (unpaired) electrons. The van der Waals surface area contributed by atoms with E-state index in [0.29, 0.717) is 0 Å². The molecule has 0 N–H and O–H groups in total. The molecule has 1 fully saturated rings. The van der Waals surface area contributed by atoms with Gasteiger partial charge in [0.25, 0.3) is 0 Å². The number of rotatable bonds is 2. The van der Waals surface area contributed by atoms with Gasteiger partial charge in [-0.1, -0.05) is 60.7 Å². The van der Waals surface area contributed by atoms with Crippen LogP contribution in [0.4, 0.5) is 0 Å². The standard InChI is InChI=1S/C16H17O2P.B/c1-13-16(18-19(2)17-13,14-9-5-3-6-10-14)15-11-7-4-8-12-15;/h3-13H,1-2H3;. The van der Waals surface area contributed by atoms with Crippen molar-refractivity contribution in [2.45, 2.75) is 18.6 Å². The first-order chi connectivity index (χ1) is 9.23. The van der Waals surface area contributed by atoms with Crippen LogP contribution in [0, 0.1) is 0 Å². The van der Waals surface area contributed by atoms with Crippen molar-refractivity contribution in [2.75, 3.05) is 6.66 Å². The molecule has 2 unspecified atom stereocenters. The van der Waals surface area contributed by atoms with Gasteiger partial charge in [0.05, 0.1) is 6.10 Å². The van der Waals surface area contributed by atoms with Crippen LogP contribution in [-0.2, 0) is 14.6 Å². The molecular weight excluding hydrogens is 266 g/mol. The Morgan fingerprint density at radius 3 is 1.70 bits per heavy atom. The summed E-state index contributed by atoms with van der Waals surface area (Å²) >= 11 is 0. The third-order valence-corrected chi connectivity index (χ3v) is 4.72. The molecule has 0 aromatic heterocycles. The van der Waals surface area contributed by atoms with Crippen LogP contribution < -0.4 is 0 Å². The average molecular weight is 283 g/mol. The lowest BCUT2D eigenvalue weighted by Crippen LogP contribution is -2.36. The Kier molecular flexibility index (Phi) is 4.64.